The lowest BCUT2D eigenvalue weighted by Gasteiger charge is -2.42. The van der Waals surface area contributed by atoms with Crippen molar-refractivity contribution in [1.82, 2.24) is 9.97 Å². The Morgan fingerprint density at radius 1 is 1.12 bits per heavy atom. The number of aromatic nitrogens is 2. The van der Waals surface area contributed by atoms with Gasteiger partial charge in [-0.15, -0.1) is 0 Å². The number of carbonyl (C=O) groups is 1. The number of halogens is 4. The first kappa shape index (κ1) is 21.7. The Balaban J connectivity index is 1.52. The Morgan fingerprint density at radius 3 is 2.67 bits per heavy atom. The van der Waals surface area contributed by atoms with Crippen LogP contribution < -0.4 is 20.4 Å². The van der Waals surface area contributed by atoms with Crippen LogP contribution in [0, 0.1) is 11.7 Å². The molecule has 2 saturated heterocycles. The van der Waals surface area contributed by atoms with Crippen molar-refractivity contribution < 1.29 is 22.4 Å². The number of piperidine rings is 2. The second-order valence-electron chi connectivity index (χ2n) is 8.80. The lowest BCUT2D eigenvalue weighted by Crippen LogP contribution is -2.47. The van der Waals surface area contributed by atoms with Gasteiger partial charge < -0.3 is 20.4 Å². The lowest BCUT2D eigenvalue weighted by molar-refractivity contribution is -0.176. The maximum absolute atomic E-state index is 13.5. The van der Waals surface area contributed by atoms with Crippen molar-refractivity contribution >= 4 is 29.0 Å². The van der Waals surface area contributed by atoms with E-state index in [0.29, 0.717) is 18.8 Å². The highest BCUT2D eigenvalue weighted by Gasteiger charge is 2.43. The summed E-state index contributed by atoms with van der Waals surface area (Å²) in [6, 6.07) is 4.42. The molecule has 7 nitrogen and oxygen atoms in total. The van der Waals surface area contributed by atoms with Crippen LogP contribution in [-0.2, 0) is 0 Å². The van der Waals surface area contributed by atoms with E-state index in [1.54, 1.807) is 11.0 Å². The highest BCUT2D eigenvalue weighted by atomic mass is 19.4. The van der Waals surface area contributed by atoms with Crippen molar-refractivity contribution in [2.75, 3.05) is 46.6 Å². The van der Waals surface area contributed by atoms with Crippen LogP contribution in [0.2, 0.25) is 0 Å². The van der Waals surface area contributed by atoms with Gasteiger partial charge in [-0.1, -0.05) is 0 Å². The maximum Gasteiger partial charge on any atom is 0.393 e. The average Bonchev–Trinajstić information content (AvgIpc) is 2.79. The van der Waals surface area contributed by atoms with E-state index in [0.717, 1.165) is 37.8 Å². The minimum absolute atomic E-state index is 0.0556. The summed E-state index contributed by atoms with van der Waals surface area (Å²) in [6.45, 7) is 1.74. The molecule has 0 saturated carbocycles. The third kappa shape index (κ3) is 4.40. The zero-order valence-corrected chi connectivity index (χ0v) is 17.8. The zero-order valence-electron chi connectivity index (χ0n) is 17.8. The third-order valence-electron chi connectivity index (χ3n) is 6.48. The molecule has 0 radical (unpaired) electrons. The SMILES string of the molecule is O=C(Nc1ccc(F)cn1)c1cc2c(nc1N1CCCC(C(F)(F)F)C1)N[C@H]1CCCN2C1. The van der Waals surface area contributed by atoms with Gasteiger partial charge in [0.1, 0.15) is 17.5 Å². The maximum atomic E-state index is 13.5. The number of rotatable bonds is 3. The molecular formula is C22H24F4N6O. The van der Waals surface area contributed by atoms with E-state index in [1.807, 2.05) is 0 Å². The summed E-state index contributed by atoms with van der Waals surface area (Å²) in [5, 5.41) is 6.01. The van der Waals surface area contributed by atoms with Gasteiger partial charge in [-0.05, 0) is 43.9 Å². The van der Waals surface area contributed by atoms with Crippen LogP contribution in [0.3, 0.4) is 0 Å². The van der Waals surface area contributed by atoms with Crippen molar-refractivity contribution in [2.24, 2.45) is 5.92 Å². The number of pyridine rings is 2. The van der Waals surface area contributed by atoms with Crippen LogP contribution in [0.4, 0.5) is 40.7 Å². The van der Waals surface area contributed by atoms with Crippen LogP contribution in [0.25, 0.3) is 0 Å². The number of nitrogens with zero attached hydrogens (tertiary/aromatic N) is 4. The number of amides is 1. The standard InChI is InChI=1S/C22H24F4N6O/c23-14-5-6-18(27-10-14)29-21(33)16-9-17-19(28-15-4-2-7-31(17)12-15)30-20(16)32-8-1-3-13(11-32)22(24,25)26/h5-6,9-10,13,15H,1-4,7-8,11-12H2,(H,28,30)(H,27,29,33)/t13?,15-/m0/s1. The first-order valence-electron chi connectivity index (χ1n) is 11.1. The van der Waals surface area contributed by atoms with E-state index < -0.39 is 23.8 Å². The molecule has 2 aromatic rings. The van der Waals surface area contributed by atoms with Gasteiger partial charge in [-0.25, -0.2) is 14.4 Å². The molecule has 2 bridgehead atoms. The molecule has 1 unspecified atom stereocenters. The minimum atomic E-state index is -4.31. The topological polar surface area (TPSA) is 73.4 Å². The van der Waals surface area contributed by atoms with Crippen LogP contribution in [0.15, 0.2) is 24.4 Å². The Bertz CT molecular complexity index is 1040. The monoisotopic (exact) mass is 464 g/mol. The smallest absolute Gasteiger partial charge is 0.366 e. The highest BCUT2D eigenvalue weighted by molar-refractivity contribution is 6.08. The van der Waals surface area contributed by atoms with Gasteiger partial charge in [0.05, 0.1) is 23.4 Å². The van der Waals surface area contributed by atoms with Crippen LogP contribution in [0.5, 0.6) is 0 Å². The molecule has 33 heavy (non-hydrogen) atoms. The molecule has 2 fully saturated rings. The fraction of sp³-hybridized carbons (Fsp3) is 0.500. The largest absolute Gasteiger partial charge is 0.393 e. The van der Waals surface area contributed by atoms with Gasteiger partial charge in [0.25, 0.3) is 5.91 Å². The molecule has 5 heterocycles. The van der Waals surface area contributed by atoms with Gasteiger partial charge in [0, 0.05) is 32.2 Å². The van der Waals surface area contributed by atoms with E-state index in [1.165, 1.54) is 12.1 Å². The molecule has 0 aliphatic carbocycles. The van der Waals surface area contributed by atoms with Gasteiger partial charge in [-0.3, -0.25) is 4.79 Å². The summed E-state index contributed by atoms with van der Waals surface area (Å²) >= 11 is 0. The summed E-state index contributed by atoms with van der Waals surface area (Å²) in [7, 11) is 0. The molecule has 3 aliphatic heterocycles. The number of anilines is 4. The quantitative estimate of drug-likeness (QED) is 0.668. The summed E-state index contributed by atoms with van der Waals surface area (Å²) in [4.78, 5) is 25.5. The van der Waals surface area contributed by atoms with E-state index in [2.05, 4.69) is 25.5 Å². The number of carbonyl (C=O) groups excluding carboxylic acids is 1. The summed E-state index contributed by atoms with van der Waals surface area (Å²) in [6.07, 6.45) is -0.928. The molecule has 3 aliphatic rings. The van der Waals surface area contributed by atoms with E-state index in [-0.39, 0.29) is 36.2 Å². The van der Waals surface area contributed by atoms with Crippen molar-refractivity contribution in [3.8, 4) is 0 Å². The molecule has 0 spiro atoms. The Morgan fingerprint density at radius 2 is 1.91 bits per heavy atom. The second-order valence-corrected chi connectivity index (χ2v) is 8.80. The number of hydrogen-bond acceptors (Lipinski definition) is 6. The Hall–Kier alpha value is -3.11. The summed E-state index contributed by atoms with van der Waals surface area (Å²) < 4.78 is 53.6. The van der Waals surface area contributed by atoms with Crippen molar-refractivity contribution in [3.63, 3.8) is 0 Å². The third-order valence-corrected chi connectivity index (χ3v) is 6.48. The van der Waals surface area contributed by atoms with E-state index in [4.69, 9.17) is 0 Å². The van der Waals surface area contributed by atoms with E-state index in [9.17, 15) is 22.4 Å². The van der Waals surface area contributed by atoms with E-state index >= 15 is 0 Å². The highest BCUT2D eigenvalue weighted by Crippen LogP contribution is 2.40. The molecule has 1 amide bonds. The molecule has 2 N–H and O–H groups in total. The van der Waals surface area contributed by atoms with Crippen molar-refractivity contribution in [1.29, 1.82) is 0 Å². The van der Waals surface area contributed by atoms with Crippen molar-refractivity contribution in [2.45, 2.75) is 37.9 Å². The van der Waals surface area contributed by atoms with Gasteiger partial charge in [-0.2, -0.15) is 13.2 Å². The molecule has 5 rings (SSSR count). The second kappa shape index (κ2) is 8.35. The minimum Gasteiger partial charge on any atom is -0.366 e. The average molecular weight is 464 g/mol. The normalized spacial score (nSPS) is 22.4. The lowest BCUT2D eigenvalue weighted by atomic mass is 9.96. The fourth-order valence-corrected chi connectivity index (χ4v) is 4.83. The van der Waals surface area contributed by atoms with Crippen LogP contribution >= 0.6 is 0 Å². The first-order valence-corrected chi connectivity index (χ1v) is 11.1. The number of alkyl halides is 3. The molecule has 2 atom stereocenters. The van der Waals surface area contributed by atoms with Gasteiger partial charge in [0.15, 0.2) is 5.82 Å². The van der Waals surface area contributed by atoms with Crippen LogP contribution in [-0.4, -0.2) is 54.3 Å². The predicted octanol–water partition coefficient (Wildman–Crippen LogP) is 4.04. The molecular weight excluding hydrogens is 440 g/mol. The Labute approximate surface area is 188 Å². The van der Waals surface area contributed by atoms with Gasteiger partial charge in [0.2, 0.25) is 0 Å². The first-order chi connectivity index (χ1) is 15.8. The molecule has 0 aromatic carbocycles. The molecule has 11 heteroatoms. The fourth-order valence-electron chi connectivity index (χ4n) is 4.83. The van der Waals surface area contributed by atoms with Gasteiger partial charge >= 0.3 is 6.18 Å². The number of nitrogens with one attached hydrogen (secondary N) is 2. The molecule has 2 aromatic heterocycles. The zero-order chi connectivity index (χ0) is 23.2. The van der Waals surface area contributed by atoms with Crippen molar-refractivity contribution in [3.05, 3.63) is 35.8 Å². The summed E-state index contributed by atoms with van der Waals surface area (Å²) in [5.41, 5.74) is 0.935. The molecule has 176 valence electrons. The Kier molecular flexibility index (Phi) is 5.49. The predicted molar refractivity (Wildman–Crippen MR) is 116 cm³/mol. The number of hydrogen-bond donors (Lipinski definition) is 2. The van der Waals surface area contributed by atoms with Crippen LogP contribution in [0.1, 0.15) is 36.0 Å². The summed E-state index contributed by atoms with van der Waals surface area (Å²) in [5.74, 6) is -1.61. The number of fused-ring (bicyclic) bond motifs is 4.